The van der Waals surface area contributed by atoms with Gasteiger partial charge in [-0.05, 0) is 36.8 Å². The van der Waals surface area contributed by atoms with Crippen LogP contribution in [0.2, 0.25) is 10.0 Å². The van der Waals surface area contributed by atoms with Crippen molar-refractivity contribution in [1.29, 1.82) is 0 Å². The van der Waals surface area contributed by atoms with Gasteiger partial charge in [0.25, 0.3) is 10.0 Å². The maximum Gasteiger partial charge on any atom is 0.264 e. The molecule has 0 spiro atoms. The fraction of sp³-hybridized carbons (Fsp3) is 0.0625. The number of aryl methyl sites for hydroxylation is 1. The van der Waals surface area contributed by atoms with Crippen molar-refractivity contribution >= 4 is 49.8 Å². The number of halogens is 2. The highest BCUT2D eigenvalue weighted by Crippen LogP contribution is 2.33. The molecule has 3 rings (SSSR count). The molecule has 1 heterocycles. The molecule has 0 aliphatic heterocycles. The second-order valence-electron chi connectivity index (χ2n) is 5.04. The van der Waals surface area contributed by atoms with Crippen LogP contribution in [0.3, 0.4) is 0 Å². The van der Waals surface area contributed by atoms with Gasteiger partial charge in [0.2, 0.25) is 0 Å². The minimum atomic E-state index is -3.94. The molecular weight excluding hydrogens is 355 g/mol. The van der Waals surface area contributed by atoms with Gasteiger partial charge >= 0.3 is 0 Å². The van der Waals surface area contributed by atoms with Gasteiger partial charge < -0.3 is 0 Å². The summed E-state index contributed by atoms with van der Waals surface area (Å²) in [6.07, 6.45) is 1.60. The van der Waals surface area contributed by atoms with Crippen LogP contribution in [-0.2, 0) is 10.0 Å². The number of nitrogens with zero attached hydrogens (tertiary/aromatic N) is 1. The van der Waals surface area contributed by atoms with Crippen LogP contribution in [0.25, 0.3) is 10.9 Å². The van der Waals surface area contributed by atoms with E-state index in [1.54, 1.807) is 43.5 Å². The summed E-state index contributed by atoms with van der Waals surface area (Å²) in [4.78, 5) is 4.09. The first-order chi connectivity index (χ1) is 10.9. The number of rotatable bonds is 3. The van der Waals surface area contributed by atoms with Crippen LogP contribution in [0.1, 0.15) is 5.56 Å². The molecule has 0 aliphatic rings. The van der Waals surface area contributed by atoms with Crippen LogP contribution in [-0.4, -0.2) is 13.4 Å². The Morgan fingerprint density at radius 1 is 1.04 bits per heavy atom. The van der Waals surface area contributed by atoms with Gasteiger partial charge in [-0.25, -0.2) is 8.42 Å². The van der Waals surface area contributed by atoms with Gasteiger partial charge in [-0.3, -0.25) is 9.71 Å². The third kappa shape index (κ3) is 3.13. The van der Waals surface area contributed by atoms with E-state index in [2.05, 4.69) is 9.71 Å². The molecule has 0 saturated heterocycles. The van der Waals surface area contributed by atoms with Crippen LogP contribution in [0, 0.1) is 6.92 Å². The third-order valence-corrected chi connectivity index (χ3v) is 5.57. The Balaban J connectivity index is 2.12. The van der Waals surface area contributed by atoms with Gasteiger partial charge in [-0.15, -0.1) is 0 Å². The number of sulfonamides is 1. The number of hydrogen-bond acceptors (Lipinski definition) is 3. The molecule has 23 heavy (non-hydrogen) atoms. The number of pyridine rings is 1. The van der Waals surface area contributed by atoms with E-state index in [1.807, 2.05) is 12.1 Å². The zero-order chi connectivity index (χ0) is 16.6. The minimum absolute atomic E-state index is 0.0793. The predicted octanol–water partition coefficient (Wildman–Crippen LogP) is 4.65. The first-order valence-electron chi connectivity index (χ1n) is 6.71. The van der Waals surface area contributed by atoms with E-state index in [1.165, 1.54) is 0 Å². The molecule has 1 aromatic heterocycles. The summed E-state index contributed by atoms with van der Waals surface area (Å²) in [5, 5.41) is 0.986. The van der Waals surface area contributed by atoms with E-state index < -0.39 is 10.0 Å². The highest BCUT2D eigenvalue weighted by Gasteiger charge is 2.23. The Kier molecular flexibility index (Phi) is 4.19. The maximum atomic E-state index is 12.7. The standard InChI is InChI=1S/C16H12Cl2N2O2S/c1-10-8-12(17)16(13(18)9-10)23(21,22)20-14-6-2-4-11-5-3-7-19-15(11)14/h2-9,20H,1H3. The Morgan fingerprint density at radius 3 is 2.39 bits per heavy atom. The molecule has 1 N–H and O–H groups in total. The lowest BCUT2D eigenvalue weighted by atomic mass is 10.2. The summed E-state index contributed by atoms with van der Waals surface area (Å²) in [5.41, 5.74) is 1.71. The lowest BCUT2D eigenvalue weighted by Gasteiger charge is -2.13. The van der Waals surface area contributed by atoms with Gasteiger partial charge in [0.15, 0.2) is 0 Å². The third-order valence-electron chi connectivity index (χ3n) is 3.29. The number of benzene rings is 2. The fourth-order valence-corrected chi connectivity index (χ4v) is 4.72. The summed E-state index contributed by atoms with van der Waals surface area (Å²) in [6, 6.07) is 12.0. The molecule has 3 aromatic rings. The van der Waals surface area contributed by atoms with Crippen molar-refractivity contribution in [3.8, 4) is 0 Å². The minimum Gasteiger partial charge on any atom is -0.277 e. The van der Waals surface area contributed by atoms with Crippen molar-refractivity contribution in [3.05, 3.63) is 64.3 Å². The van der Waals surface area contributed by atoms with Gasteiger partial charge in [0.05, 0.1) is 21.2 Å². The zero-order valence-electron chi connectivity index (χ0n) is 12.0. The Bertz CT molecular complexity index is 976. The SMILES string of the molecule is Cc1cc(Cl)c(S(=O)(=O)Nc2cccc3cccnc23)c(Cl)c1. The van der Waals surface area contributed by atoms with Crippen LogP contribution in [0.15, 0.2) is 53.6 Å². The van der Waals surface area contributed by atoms with E-state index in [-0.39, 0.29) is 14.9 Å². The molecule has 0 saturated carbocycles. The van der Waals surface area contributed by atoms with E-state index >= 15 is 0 Å². The summed E-state index contributed by atoms with van der Waals surface area (Å²) in [6.45, 7) is 1.79. The van der Waals surface area contributed by atoms with Crippen LogP contribution >= 0.6 is 23.2 Å². The van der Waals surface area contributed by atoms with Crippen molar-refractivity contribution < 1.29 is 8.42 Å². The molecule has 0 aliphatic carbocycles. The van der Waals surface area contributed by atoms with Crippen molar-refractivity contribution in [2.24, 2.45) is 0 Å². The summed E-state index contributed by atoms with van der Waals surface area (Å²) in [5.74, 6) is 0. The Morgan fingerprint density at radius 2 is 1.70 bits per heavy atom. The monoisotopic (exact) mass is 366 g/mol. The Hall–Kier alpha value is -1.82. The smallest absolute Gasteiger partial charge is 0.264 e. The number of para-hydroxylation sites is 1. The van der Waals surface area contributed by atoms with E-state index in [0.29, 0.717) is 11.2 Å². The van der Waals surface area contributed by atoms with Crippen LogP contribution in [0.5, 0.6) is 0 Å². The lowest BCUT2D eigenvalue weighted by Crippen LogP contribution is -2.14. The first kappa shape index (κ1) is 16.1. The van der Waals surface area contributed by atoms with Gasteiger partial charge in [-0.1, -0.05) is 41.4 Å². The molecule has 7 heteroatoms. The molecule has 0 unspecified atom stereocenters. The molecule has 0 bridgehead atoms. The average Bonchev–Trinajstić information content (AvgIpc) is 2.45. The normalized spacial score (nSPS) is 11.6. The summed E-state index contributed by atoms with van der Waals surface area (Å²) >= 11 is 12.2. The summed E-state index contributed by atoms with van der Waals surface area (Å²) < 4.78 is 27.9. The zero-order valence-corrected chi connectivity index (χ0v) is 14.4. The number of fused-ring (bicyclic) bond motifs is 1. The largest absolute Gasteiger partial charge is 0.277 e. The number of hydrogen-bond donors (Lipinski definition) is 1. The Labute approximate surface area is 144 Å². The van der Waals surface area contributed by atoms with Crippen LogP contribution in [0.4, 0.5) is 5.69 Å². The number of aromatic nitrogens is 1. The highest BCUT2D eigenvalue weighted by atomic mass is 35.5. The lowest BCUT2D eigenvalue weighted by molar-refractivity contribution is 0.601. The molecule has 118 valence electrons. The average molecular weight is 367 g/mol. The molecule has 0 amide bonds. The van der Waals surface area contributed by atoms with Crippen molar-refractivity contribution in [2.75, 3.05) is 4.72 Å². The van der Waals surface area contributed by atoms with Gasteiger partial charge in [0, 0.05) is 11.6 Å². The van der Waals surface area contributed by atoms with E-state index in [0.717, 1.165) is 10.9 Å². The van der Waals surface area contributed by atoms with Crippen molar-refractivity contribution in [1.82, 2.24) is 4.98 Å². The molecular formula is C16H12Cl2N2O2S. The van der Waals surface area contributed by atoms with Gasteiger partial charge in [-0.2, -0.15) is 0 Å². The predicted molar refractivity (Wildman–Crippen MR) is 93.8 cm³/mol. The topological polar surface area (TPSA) is 59.1 Å². The van der Waals surface area contributed by atoms with Crippen molar-refractivity contribution in [2.45, 2.75) is 11.8 Å². The molecule has 0 atom stereocenters. The molecule has 4 nitrogen and oxygen atoms in total. The number of anilines is 1. The van der Waals surface area contributed by atoms with Crippen molar-refractivity contribution in [3.63, 3.8) is 0 Å². The second-order valence-corrected chi connectivity index (χ2v) is 7.48. The molecule has 2 aromatic carbocycles. The van der Waals surface area contributed by atoms with Crippen LogP contribution < -0.4 is 4.72 Å². The fourth-order valence-electron chi connectivity index (χ4n) is 2.33. The summed E-state index contributed by atoms with van der Waals surface area (Å²) in [7, 11) is -3.94. The highest BCUT2D eigenvalue weighted by molar-refractivity contribution is 7.93. The first-order valence-corrected chi connectivity index (χ1v) is 8.94. The molecule has 0 fully saturated rings. The maximum absolute atomic E-state index is 12.7. The number of nitrogens with one attached hydrogen (secondary N) is 1. The quantitative estimate of drug-likeness (QED) is 0.733. The molecule has 0 radical (unpaired) electrons. The van der Waals surface area contributed by atoms with E-state index in [9.17, 15) is 8.42 Å². The van der Waals surface area contributed by atoms with E-state index in [4.69, 9.17) is 23.2 Å². The second kappa shape index (κ2) is 6.00. The van der Waals surface area contributed by atoms with Gasteiger partial charge in [0.1, 0.15) is 4.90 Å².